The van der Waals surface area contributed by atoms with Gasteiger partial charge in [-0.3, -0.25) is 19.1 Å². The third-order valence-corrected chi connectivity index (χ3v) is 6.15. The number of carbonyl (C=O) groups excluding carboxylic acids is 1. The first-order valence-electron chi connectivity index (χ1n) is 11.2. The fourth-order valence-corrected chi connectivity index (χ4v) is 4.42. The fraction of sp³-hybridized carbons (Fsp3) is 0.0714. The molecule has 8 nitrogen and oxygen atoms in total. The molecule has 2 N–H and O–H groups in total. The molecule has 0 amide bonds. The third kappa shape index (κ3) is 5.49. The quantitative estimate of drug-likeness (QED) is 0.135. The molecule has 0 aliphatic carbocycles. The predicted octanol–water partition coefficient (Wildman–Crippen LogP) is 6.60. The maximum Gasteiger partial charge on any atom is 0.269 e. The summed E-state index contributed by atoms with van der Waals surface area (Å²) in [7, 11) is -0.611. The number of fused-ring (bicyclic) bond motifs is 1. The molecule has 3 aromatic carbocycles. The number of nitriles is 1. The average molecular weight is 589 g/mol. The van der Waals surface area contributed by atoms with Crippen LogP contribution in [0.25, 0.3) is 33.3 Å². The van der Waals surface area contributed by atoms with Crippen LogP contribution >= 0.6 is 15.9 Å². The highest BCUT2D eigenvalue weighted by Gasteiger charge is 2.26. The summed E-state index contributed by atoms with van der Waals surface area (Å²) in [6, 6.07) is 22.6. The SMILES string of the molecule is CS(C)=O.N#Cc1c(-c2c[nH]c3ccc(Br)cc23)[nH]c(C(=O)c2ccccc2)c1-c1ccc([N+](=O)[O-])cc1. The van der Waals surface area contributed by atoms with Crippen molar-refractivity contribution >= 4 is 49.1 Å². The van der Waals surface area contributed by atoms with Crippen LogP contribution in [0.3, 0.4) is 0 Å². The smallest absolute Gasteiger partial charge is 0.269 e. The van der Waals surface area contributed by atoms with E-state index in [9.17, 15) is 24.4 Å². The van der Waals surface area contributed by atoms with Crippen molar-refractivity contribution in [2.24, 2.45) is 0 Å². The highest BCUT2D eigenvalue weighted by Crippen LogP contribution is 2.39. The summed E-state index contributed by atoms with van der Waals surface area (Å²) in [6.07, 6.45) is 5.07. The van der Waals surface area contributed by atoms with Crippen molar-refractivity contribution in [1.29, 1.82) is 5.26 Å². The first-order chi connectivity index (χ1) is 18.2. The number of halogens is 1. The summed E-state index contributed by atoms with van der Waals surface area (Å²) in [5.41, 5.74) is 3.98. The normalized spacial score (nSPS) is 10.6. The first kappa shape index (κ1) is 26.7. The predicted molar refractivity (Wildman–Crippen MR) is 152 cm³/mol. The van der Waals surface area contributed by atoms with Crippen LogP contribution in [-0.2, 0) is 10.8 Å². The lowest BCUT2D eigenvalue weighted by Gasteiger charge is -2.05. The van der Waals surface area contributed by atoms with Gasteiger partial charge in [-0.2, -0.15) is 5.26 Å². The zero-order chi connectivity index (χ0) is 27.4. The second kappa shape index (κ2) is 11.4. The standard InChI is InChI=1S/C26H15BrN4O3.C2H6OS/c27-17-8-11-22-19(12-17)21(14-29-22)24-20(13-28)23(15-6-9-18(10-7-15)31(33)34)25(30-24)26(32)16-4-2-1-3-5-16;1-4(2)3/h1-12,14,29-30H;1-2H3. The minimum atomic E-state index is -0.611. The van der Waals surface area contributed by atoms with Crippen molar-refractivity contribution in [2.75, 3.05) is 12.5 Å². The van der Waals surface area contributed by atoms with Crippen LogP contribution in [0.15, 0.2) is 83.5 Å². The van der Waals surface area contributed by atoms with Gasteiger partial charge in [-0.1, -0.05) is 46.3 Å². The van der Waals surface area contributed by atoms with E-state index in [2.05, 4.69) is 32.0 Å². The monoisotopic (exact) mass is 588 g/mol. The summed E-state index contributed by atoms with van der Waals surface area (Å²) >= 11 is 3.49. The number of non-ortho nitro benzene ring substituents is 1. The molecule has 0 radical (unpaired) electrons. The highest BCUT2D eigenvalue weighted by atomic mass is 79.9. The van der Waals surface area contributed by atoms with Crippen LogP contribution in [0.1, 0.15) is 21.6 Å². The summed E-state index contributed by atoms with van der Waals surface area (Å²) in [5.74, 6) is -0.280. The van der Waals surface area contributed by atoms with Gasteiger partial charge < -0.3 is 9.97 Å². The molecule has 0 atom stereocenters. The van der Waals surface area contributed by atoms with Crippen molar-refractivity contribution in [3.63, 3.8) is 0 Å². The second-order valence-corrected chi connectivity index (χ2v) is 10.8. The Kier molecular flexibility index (Phi) is 8.00. The van der Waals surface area contributed by atoms with Crippen molar-refractivity contribution in [3.05, 3.63) is 110 Å². The number of carbonyl (C=O) groups is 1. The molecule has 10 heteroatoms. The number of nitrogens with one attached hydrogen (secondary N) is 2. The Morgan fingerprint density at radius 3 is 2.32 bits per heavy atom. The molecule has 0 saturated carbocycles. The Balaban J connectivity index is 0.000000786. The van der Waals surface area contributed by atoms with E-state index in [0.29, 0.717) is 22.4 Å². The van der Waals surface area contributed by atoms with E-state index < -0.39 is 15.7 Å². The number of nitro benzene ring substituents is 1. The van der Waals surface area contributed by atoms with Crippen LogP contribution < -0.4 is 0 Å². The van der Waals surface area contributed by atoms with E-state index in [1.165, 1.54) is 12.1 Å². The fourth-order valence-electron chi connectivity index (χ4n) is 4.06. The van der Waals surface area contributed by atoms with Gasteiger partial charge in [0.05, 0.1) is 21.9 Å². The van der Waals surface area contributed by atoms with Crippen molar-refractivity contribution in [2.45, 2.75) is 0 Å². The molecule has 0 bridgehead atoms. The molecule has 0 aliphatic heterocycles. The first-order valence-corrected chi connectivity index (χ1v) is 14.0. The Hall–Kier alpha value is -4.33. The topological polar surface area (TPSA) is 133 Å². The molecular formula is C28H21BrN4O4S. The number of hydrogen-bond acceptors (Lipinski definition) is 5. The number of nitro groups is 1. The van der Waals surface area contributed by atoms with Gasteiger partial charge in [0.15, 0.2) is 0 Å². The van der Waals surface area contributed by atoms with Crippen molar-refractivity contribution in [3.8, 4) is 28.5 Å². The summed E-state index contributed by atoms with van der Waals surface area (Å²) in [6.45, 7) is 0. The zero-order valence-corrected chi connectivity index (χ0v) is 22.7. The number of hydrogen-bond donors (Lipinski definition) is 2. The van der Waals surface area contributed by atoms with Gasteiger partial charge in [0.1, 0.15) is 6.07 Å². The molecule has 2 heterocycles. The molecule has 38 heavy (non-hydrogen) atoms. The maximum absolute atomic E-state index is 13.5. The van der Waals surface area contributed by atoms with Crippen LogP contribution in [0, 0.1) is 21.4 Å². The number of rotatable bonds is 5. The van der Waals surface area contributed by atoms with Gasteiger partial charge >= 0.3 is 0 Å². The molecular weight excluding hydrogens is 568 g/mol. The van der Waals surface area contributed by atoms with Gasteiger partial charge in [-0.25, -0.2) is 0 Å². The average Bonchev–Trinajstić information content (AvgIpc) is 3.49. The number of aromatic amines is 2. The van der Waals surface area contributed by atoms with Crippen LogP contribution in [0.5, 0.6) is 0 Å². The van der Waals surface area contributed by atoms with Gasteiger partial charge in [0, 0.05) is 73.7 Å². The van der Waals surface area contributed by atoms with E-state index in [1.54, 1.807) is 55.1 Å². The summed E-state index contributed by atoms with van der Waals surface area (Å²) < 4.78 is 10.4. The minimum Gasteiger partial charge on any atom is -0.360 e. The number of H-pyrrole nitrogens is 2. The lowest BCUT2D eigenvalue weighted by molar-refractivity contribution is -0.384. The van der Waals surface area contributed by atoms with Gasteiger partial charge in [0.2, 0.25) is 5.78 Å². The van der Waals surface area contributed by atoms with E-state index in [1.807, 2.05) is 24.3 Å². The van der Waals surface area contributed by atoms with Crippen molar-refractivity contribution in [1.82, 2.24) is 9.97 Å². The van der Waals surface area contributed by atoms with E-state index in [0.717, 1.165) is 20.9 Å². The van der Waals surface area contributed by atoms with Crippen molar-refractivity contribution < 1.29 is 13.9 Å². The number of benzene rings is 3. The molecule has 0 saturated heterocycles. The Bertz CT molecular complexity index is 1710. The highest BCUT2D eigenvalue weighted by molar-refractivity contribution is 9.10. The van der Waals surface area contributed by atoms with E-state index in [-0.39, 0.29) is 22.7 Å². The third-order valence-electron chi connectivity index (χ3n) is 5.65. The lowest BCUT2D eigenvalue weighted by atomic mass is 9.95. The molecule has 0 fully saturated rings. The molecule has 0 spiro atoms. The second-order valence-electron chi connectivity index (χ2n) is 8.37. The van der Waals surface area contributed by atoms with Gasteiger partial charge in [0.25, 0.3) is 5.69 Å². The number of nitrogens with zero attached hydrogens (tertiary/aromatic N) is 2. The maximum atomic E-state index is 13.5. The molecule has 5 aromatic rings. The molecule has 2 aromatic heterocycles. The zero-order valence-electron chi connectivity index (χ0n) is 20.3. The van der Waals surface area contributed by atoms with Crippen LogP contribution in [-0.4, -0.2) is 37.4 Å². The molecule has 0 unspecified atom stereocenters. The molecule has 0 aliphatic rings. The van der Waals surface area contributed by atoms with Crippen LogP contribution in [0.2, 0.25) is 0 Å². The molecule has 190 valence electrons. The van der Waals surface area contributed by atoms with E-state index >= 15 is 0 Å². The van der Waals surface area contributed by atoms with Gasteiger partial charge in [-0.05, 0) is 35.9 Å². The Morgan fingerprint density at radius 1 is 1.05 bits per heavy atom. The number of aromatic nitrogens is 2. The summed E-state index contributed by atoms with van der Waals surface area (Å²) in [5, 5.41) is 22.2. The summed E-state index contributed by atoms with van der Waals surface area (Å²) in [4.78, 5) is 30.6. The Morgan fingerprint density at radius 2 is 1.71 bits per heavy atom. The van der Waals surface area contributed by atoms with Crippen LogP contribution in [0.4, 0.5) is 5.69 Å². The van der Waals surface area contributed by atoms with E-state index in [4.69, 9.17) is 0 Å². The Labute approximate surface area is 229 Å². The minimum absolute atomic E-state index is 0.0737. The number of ketones is 1. The molecule has 5 rings (SSSR count). The lowest BCUT2D eigenvalue weighted by Crippen LogP contribution is -2.03. The van der Waals surface area contributed by atoms with Gasteiger partial charge in [-0.15, -0.1) is 0 Å². The largest absolute Gasteiger partial charge is 0.360 e.